The fraction of sp³-hybridized carbons (Fsp3) is 0.750. The predicted molar refractivity (Wildman–Crippen MR) is 98.5 cm³/mol. The molecule has 2 saturated heterocycles. The van der Waals surface area contributed by atoms with Crippen molar-refractivity contribution in [3.05, 3.63) is 17.6 Å². The first-order chi connectivity index (χ1) is 12.1. The second kappa shape index (κ2) is 6.93. The maximum atomic E-state index is 13.0. The van der Waals surface area contributed by atoms with Crippen molar-refractivity contribution in [2.45, 2.75) is 52.4 Å². The molecule has 0 N–H and O–H groups in total. The van der Waals surface area contributed by atoms with Gasteiger partial charge in [-0.1, -0.05) is 12.8 Å². The Bertz CT molecular complexity index is 625. The largest absolute Gasteiger partial charge is 0.355 e. The van der Waals surface area contributed by atoms with Crippen LogP contribution in [0.3, 0.4) is 0 Å². The van der Waals surface area contributed by atoms with Crippen LogP contribution in [0.4, 0.5) is 5.82 Å². The van der Waals surface area contributed by atoms with E-state index in [1.807, 2.05) is 20.0 Å². The Morgan fingerprint density at radius 1 is 1.04 bits per heavy atom. The van der Waals surface area contributed by atoms with Crippen LogP contribution in [-0.2, 0) is 4.79 Å². The van der Waals surface area contributed by atoms with E-state index in [-0.39, 0.29) is 5.92 Å². The molecule has 0 bridgehead atoms. The third-order valence-electron chi connectivity index (χ3n) is 6.48. The second-order valence-corrected chi connectivity index (χ2v) is 8.23. The standard InChI is InChI=1S/C20H30N4O/c1-14-11-21-15(2)19(22-14)23-9-7-16(8-10-23)20(25)24-12-17-5-3-4-6-18(17)13-24/h11,16-18H,3-10,12-13H2,1-2H3. The number of hydrogen-bond acceptors (Lipinski definition) is 4. The van der Waals surface area contributed by atoms with Crippen LogP contribution >= 0.6 is 0 Å². The molecule has 3 heterocycles. The first-order valence-electron chi connectivity index (χ1n) is 9.96. The molecular formula is C20H30N4O. The lowest BCUT2D eigenvalue weighted by atomic mass is 9.82. The van der Waals surface area contributed by atoms with Gasteiger partial charge in [0, 0.05) is 38.3 Å². The molecule has 2 atom stereocenters. The van der Waals surface area contributed by atoms with Crippen LogP contribution < -0.4 is 4.90 Å². The molecule has 3 aliphatic rings. The first kappa shape index (κ1) is 16.8. The Morgan fingerprint density at radius 3 is 2.32 bits per heavy atom. The van der Waals surface area contributed by atoms with E-state index in [9.17, 15) is 4.79 Å². The molecule has 4 rings (SSSR count). The summed E-state index contributed by atoms with van der Waals surface area (Å²) in [6.45, 7) is 7.87. The molecule has 0 spiro atoms. The van der Waals surface area contributed by atoms with Gasteiger partial charge in [-0.05, 0) is 51.4 Å². The molecule has 2 aliphatic heterocycles. The number of rotatable bonds is 2. The molecule has 1 saturated carbocycles. The summed E-state index contributed by atoms with van der Waals surface area (Å²) in [4.78, 5) is 26.6. The highest BCUT2D eigenvalue weighted by Gasteiger charge is 2.39. The maximum absolute atomic E-state index is 13.0. The van der Waals surface area contributed by atoms with Gasteiger partial charge < -0.3 is 9.80 Å². The number of piperidine rings is 1. The number of nitrogens with zero attached hydrogens (tertiary/aromatic N) is 4. The molecule has 25 heavy (non-hydrogen) atoms. The summed E-state index contributed by atoms with van der Waals surface area (Å²) in [5.41, 5.74) is 1.94. The van der Waals surface area contributed by atoms with Crippen molar-refractivity contribution < 1.29 is 4.79 Å². The van der Waals surface area contributed by atoms with E-state index in [1.165, 1.54) is 25.7 Å². The molecule has 1 amide bonds. The number of aryl methyl sites for hydroxylation is 2. The average Bonchev–Trinajstić information content (AvgIpc) is 3.07. The van der Waals surface area contributed by atoms with Crippen LogP contribution in [-0.4, -0.2) is 47.0 Å². The van der Waals surface area contributed by atoms with Crippen molar-refractivity contribution in [1.29, 1.82) is 0 Å². The Balaban J connectivity index is 1.35. The van der Waals surface area contributed by atoms with Crippen LogP contribution in [0.15, 0.2) is 6.20 Å². The Hall–Kier alpha value is -1.65. The molecule has 1 aromatic rings. The summed E-state index contributed by atoms with van der Waals surface area (Å²) < 4.78 is 0. The van der Waals surface area contributed by atoms with Gasteiger partial charge in [0.15, 0.2) is 0 Å². The summed E-state index contributed by atoms with van der Waals surface area (Å²) in [6.07, 6.45) is 9.09. The van der Waals surface area contributed by atoms with Crippen LogP contribution in [0.1, 0.15) is 49.9 Å². The summed E-state index contributed by atoms with van der Waals surface area (Å²) in [5, 5.41) is 0. The monoisotopic (exact) mass is 342 g/mol. The molecular weight excluding hydrogens is 312 g/mol. The first-order valence-corrected chi connectivity index (χ1v) is 9.96. The molecule has 0 radical (unpaired) electrons. The number of hydrogen-bond donors (Lipinski definition) is 0. The summed E-state index contributed by atoms with van der Waals surface area (Å²) in [6, 6.07) is 0. The predicted octanol–water partition coefficient (Wildman–Crippen LogP) is 2.96. The van der Waals surface area contributed by atoms with Crippen LogP contribution in [0.25, 0.3) is 0 Å². The van der Waals surface area contributed by atoms with E-state index in [4.69, 9.17) is 0 Å². The van der Waals surface area contributed by atoms with Gasteiger partial charge in [0.1, 0.15) is 5.82 Å². The fourth-order valence-corrected chi connectivity index (χ4v) is 5.01. The van der Waals surface area contributed by atoms with Crippen molar-refractivity contribution in [2.24, 2.45) is 17.8 Å². The zero-order valence-electron chi connectivity index (χ0n) is 15.6. The minimum absolute atomic E-state index is 0.203. The lowest BCUT2D eigenvalue weighted by Crippen LogP contribution is -2.42. The third kappa shape index (κ3) is 3.38. The Labute approximate surface area is 150 Å². The van der Waals surface area contributed by atoms with Gasteiger partial charge in [0.2, 0.25) is 5.91 Å². The highest BCUT2D eigenvalue weighted by Crippen LogP contribution is 2.37. The lowest BCUT2D eigenvalue weighted by Gasteiger charge is -2.34. The number of fused-ring (bicyclic) bond motifs is 1. The summed E-state index contributed by atoms with van der Waals surface area (Å²) in [5.74, 6) is 3.18. The second-order valence-electron chi connectivity index (χ2n) is 8.23. The van der Waals surface area contributed by atoms with Gasteiger partial charge in [-0.3, -0.25) is 9.78 Å². The van der Waals surface area contributed by atoms with Crippen LogP contribution in [0.5, 0.6) is 0 Å². The molecule has 5 heteroatoms. The summed E-state index contributed by atoms with van der Waals surface area (Å²) >= 11 is 0. The van der Waals surface area contributed by atoms with E-state index in [0.29, 0.717) is 5.91 Å². The SMILES string of the molecule is Cc1cnc(C)c(N2CCC(C(=O)N3CC4CCCCC4C3)CC2)n1. The molecule has 136 valence electrons. The number of aromatic nitrogens is 2. The maximum Gasteiger partial charge on any atom is 0.225 e. The van der Waals surface area contributed by atoms with Crippen molar-refractivity contribution in [3.8, 4) is 0 Å². The van der Waals surface area contributed by atoms with E-state index < -0.39 is 0 Å². The average molecular weight is 342 g/mol. The van der Waals surface area contributed by atoms with Gasteiger partial charge in [0.05, 0.1) is 11.4 Å². The number of amides is 1. The van der Waals surface area contributed by atoms with Crippen LogP contribution in [0.2, 0.25) is 0 Å². The summed E-state index contributed by atoms with van der Waals surface area (Å²) in [7, 11) is 0. The molecule has 1 aliphatic carbocycles. The topological polar surface area (TPSA) is 49.3 Å². The number of anilines is 1. The molecule has 1 aromatic heterocycles. The van der Waals surface area contributed by atoms with E-state index in [0.717, 1.165) is 68.1 Å². The van der Waals surface area contributed by atoms with Crippen molar-refractivity contribution in [1.82, 2.24) is 14.9 Å². The van der Waals surface area contributed by atoms with Crippen molar-refractivity contribution in [3.63, 3.8) is 0 Å². The van der Waals surface area contributed by atoms with E-state index in [2.05, 4.69) is 19.8 Å². The van der Waals surface area contributed by atoms with Crippen LogP contribution in [0, 0.1) is 31.6 Å². The number of carbonyl (C=O) groups is 1. The molecule has 2 unspecified atom stereocenters. The molecule has 5 nitrogen and oxygen atoms in total. The normalized spacial score (nSPS) is 27.4. The zero-order valence-corrected chi connectivity index (χ0v) is 15.6. The minimum Gasteiger partial charge on any atom is -0.355 e. The lowest BCUT2D eigenvalue weighted by molar-refractivity contribution is -0.135. The van der Waals surface area contributed by atoms with Gasteiger partial charge in [-0.15, -0.1) is 0 Å². The highest BCUT2D eigenvalue weighted by atomic mass is 16.2. The molecule has 0 aromatic carbocycles. The van der Waals surface area contributed by atoms with E-state index in [1.54, 1.807) is 0 Å². The fourth-order valence-electron chi connectivity index (χ4n) is 5.01. The van der Waals surface area contributed by atoms with Crippen molar-refractivity contribution >= 4 is 11.7 Å². The van der Waals surface area contributed by atoms with E-state index >= 15 is 0 Å². The van der Waals surface area contributed by atoms with Crippen molar-refractivity contribution in [2.75, 3.05) is 31.1 Å². The molecule has 3 fully saturated rings. The smallest absolute Gasteiger partial charge is 0.225 e. The van der Waals surface area contributed by atoms with Gasteiger partial charge in [-0.2, -0.15) is 0 Å². The highest BCUT2D eigenvalue weighted by molar-refractivity contribution is 5.79. The van der Waals surface area contributed by atoms with Gasteiger partial charge in [0.25, 0.3) is 0 Å². The quantitative estimate of drug-likeness (QED) is 0.829. The zero-order chi connectivity index (χ0) is 17.4. The Morgan fingerprint density at radius 2 is 1.68 bits per heavy atom. The van der Waals surface area contributed by atoms with Gasteiger partial charge in [-0.25, -0.2) is 4.98 Å². The Kier molecular flexibility index (Phi) is 4.65. The third-order valence-corrected chi connectivity index (χ3v) is 6.48. The number of carbonyl (C=O) groups excluding carboxylic acids is 1. The van der Waals surface area contributed by atoms with Gasteiger partial charge >= 0.3 is 0 Å². The number of likely N-dealkylation sites (tertiary alicyclic amines) is 1. The minimum atomic E-state index is 0.203.